The molecule has 1 fully saturated rings. The van der Waals surface area contributed by atoms with Crippen molar-refractivity contribution in [2.24, 2.45) is 7.05 Å². The molecule has 1 saturated heterocycles. The zero-order valence-corrected chi connectivity index (χ0v) is 18.4. The van der Waals surface area contributed by atoms with Crippen LogP contribution in [0.3, 0.4) is 0 Å². The highest BCUT2D eigenvalue weighted by Crippen LogP contribution is 2.18. The maximum Gasteiger partial charge on any atom is 0.233 e. The Labute approximate surface area is 180 Å². The Morgan fingerprint density at radius 3 is 2.47 bits per heavy atom. The number of ether oxygens (including phenoxy) is 1. The van der Waals surface area contributed by atoms with Crippen LogP contribution in [0.1, 0.15) is 12.7 Å². The van der Waals surface area contributed by atoms with Crippen molar-refractivity contribution in [3.63, 3.8) is 0 Å². The van der Waals surface area contributed by atoms with Crippen LogP contribution in [-0.4, -0.2) is 82.0 Å². The number of nitrogens with one attached hydrogen (secondary N) is 1. The van der Waals surface area contributed by atoms with Crippen molar-refractivity contribution in [3.8, 4) is 5.75 Å². The summed E-state index contributed by atoms with van der Waals surface area (Å²) in [6, 6.07) is 7.22. The first kappa shape index (κ1) is 22.1. The summed E-state index contributed by atoms with van der Waals surface area (Å²) in [5, 5.41) is 11.7. The number of amides is 2. The lowest BCUT2D eigenvalue weighted by Gasteiger charge is -2.32. The van der Waals surface area contributed by atoms with E-state index in [9.17, 15) is 9.59 Å². The maximum atomic E-state index is 12.4. The van der Waals surface area contributed by atoms with Gasteiger partial charge in [0.2, 0.25) is 11.8 Å². The molecule has 0 radical (unpaired) electrons. The smallest absolute Gasteiger partial charge is 0.233 e. The Morgan fingerprint density at radius 2 is 1.80 bits per heavy atom. The lowest BCUT2D eigenvalue weighted by atomic mass is 10.3. The molecule has 0 atom stereocenters. The predicted octanol–water partition coefficient (Wildman–Crippen LogP) is 1.26. The number of hydrogen-bond donors (Lipinski definition) is 1. The molecule has 2 amide bonds. The highest BCUT2D eigenvalue weighted by atomic mass is 32.2. The van der Waals surface area contributed by atoms with Crippen LogP contribution in [0.5, 0.6) is 5.75 Å². The van der Waals surface area contributed by atoms with Gasteiger partial charge in [-0.15, -0.1) is 10.2 Å². The van der Waals surface area contributed by atoms with Crippen LogP contribution in [-0.2, 0) is 23.1 Å². The Balaban J connectivity index is 1.49. The van der Waals surface area contributed by atoms with E-state index in [1.165, 1.54) is 11.8 Å². The van der Waals surface area contributed by atoms with Crippen LogP contribution in [0.2, 0.25) is 0 Å². The van der Waals surface area contributed by atoms with Crippen molar-refractivity contribution in [1.82, 2.24) is 24.6 Å². The van der Waals surface area contributed by atoms with Crippen molar-refractivity contribution in [3.05, 3.63) is 30.1 Å². The fourth-order valence-electron chi connectivity index (χ4n) is 3.05. The van der Waals surface area contributed by atoms with Gasteiger partial charge in [-0.2, -0.15) is 0 Å². The van der Waals surface area contributed by atoms with Crippen molar-refractivity contribution in [2.45, 2.75) is 18.5 Å². The minimum Gasteiger partial charge on any atom is -0.494 e. The highest BCUT2D eigenvalue weighted by molar-refractivity contribution is 7.99. The Bertz CT molecular complexity index is 862. The molecule has 9 nitrogen and oxygen atoms in total. The van der Waals surface area contributed by atoms with Crippen LogP contribution in [0.15, 0.2) is 29.4 Å². The zero-order chi connectivity index (χ0) is 21.5. The molecule has 3 rings (SSSR count). The largest absolute Gasteiger partial charge is 0.494 e. The van der Waals surface area contributed by atoms with Gasteiger partial charge < -0.3 is 24.4 Å². The van der Waals surface area contributed by atoms with E-state index in [4.69, 9.17) is 4.74 Å². The second-order valence-corrected chi connectivity index (χ2v) is 8.06. The van der Waals surface area contributed by atoms with Gasteiger partial charge in [0.05, 0.1) is 18.8 Å². The molecule has 10 heteroatoms. The third-order valence-corrected chi connectivity index (χ3v) is 5.88. The molecular weight excluding hydrogens is 404 g/mol. The summed E-state index contributed by atoms with van der Waals surface area (Å²) in [5.74, 6) is 1.55. The lowest BCUT2D eigenvalue weighted by Crippen LogP contribution is -2.47. The first-order valence-corrected chi connectivity index (χ1v) is 10.9. The van der Waals surface area contributed by atoms with Crippen molar-refractivity contribution < 1.29 is 14.3 Å². The normalized spacial score (nSPS) is 14.6. The molecule has 2 aromatic rings. The number of nitrogens with zero attached hydrogens (tertiary/aromatic N) is 5. The van der Waals surface area contributed by atoms with E-state index in [-0.39, 0.29) is 18.2 Å². The van der Waals surface area contributed by atoms with E-state index in [0.717, 1.165) is 31.9 Å². The van der Waals surface area contributed by atoms with E-state index in [1.54, 1.807) is 16.7 Å². The third kappa shape index (κ3) is 5.96. The first-order chi connectivity index (χ1) is 14.5. The second-order valence-electron chi connectivity index (χ2n) is 7.11. The summed E-state index contributed by atoms with van der Waals surface area (Å²) in [5.41, 5.74) is 0.693. The first-order valence-electron chi connectivity index (χ1n) is 9.96. The van der Waals surface area contributed by atoms with Gasteiger partial charge in [0.1, 0.15) is 11.6 Å². The highest BCUT2D eigenvalue weighted by Gasteiger charge is 2.20. The number of piperazine rings is 1. The number of aromatic nitrogens is 3. The van der Waals surface area contributed by atoms with E-state index in [0.29, 0.717) is 29.0 Å². The standard InChI is InChI=1S/C20H28N6O3S/c1-4-29-16-7-5-15(6-8-16)21-18(27)13-17-22-23-20(25(17)3)30-14-19(28)26-11-9-24(2)10-12-26/h5-8H,4,9-14H2,1-3H3,(H,21,27). The number of likely N-dealkylation sites (N-methyl/N-ethyl adjacent to an activating group) is 1. The molecule has 30 heavy (non-hydrogen) atoms. The fraction of sp³-hybridized carbons (Fsp3) is 0.500. The average molecular weight is 433 g/mol. The SMILES string of the molecule is CCOc1ccc(NC(=O)Cc2nnc(SCC(=O)N3CCN(C)CC3)n2C)cc1. The van der Waals surface area contributed by atoms with Crippen LogP contribution in [0, 0.1) is 0 Å². The Hall–Kier alpha value is -2.59. The van der Waals surface area contributed by atoms with Crippen molar-refractivity contribution in [1.29, 1.82) is 0 Å². The number of carbonyl (C=O) groups excluding carboxylic acids is 2. The van der Waals surface area contributed by atoms with Gasteiger partial charge in [-0.25, -0.2) is 0 Å². The summed E-state index contributed by atoms with van der Waals surface area (Å²) in [4.78, 5) is 28.9. The number of carbonyl (C=O) groups is 2. The minimum atomic E-state index is -0.181. The van der Waals surface area contributed by atoms with Crippen LogP contribution >= 0.6 is 11.8 Å². The summed E-state index contributed by atoms with van der Waals surface area (Å²) < 4.78 is 7.16. The number of hydrogen-bond acceptors (Lipinski definition) is 7. The van der Waals surface area contributed by atoms with Gasteiger partial charge >= 0.3 is 0 Å². The molecule has 1 N–H and O–H groups in total. The molecule has 0 saturated carbocycles. The molecule has 2 heterocycles. The van der Waals surface area contributed by atoms with Crippen LogP contribution in [0.4, 0.5) is 5.69 Å². The second kappa shape index (κ2) is 10.4. The van der Waals surface area contributed by atoms with Gasteiger partial charge in [-0.05, 0) is 38.2 Å². The molecule has 1 aliphatic rings. The lowest BCUT2D eigenvalue weighted by molar-refractivity contribution is -0.129. The molecule has 0 aliphatic carbocycles. The number of benzene rings is 1. The Kier molecular flexibility index (Phi) is 7.69. The van der Waals surface area contributed by atoms with Gasteiger partial charge in [-0.3, -0.25) is 9.59 Å². The van der Waals surface area contributed by atoms with Crippen molar-refractivity contribution in [2.75, 3.05) is 50.9 Å². The van der Waals surface area contributed by atoms with Crippen LogP contribution in [0.25, 0.3) is 0 Å². The molecule has 0 unspecified atom stereocenters. The molecule has 1 aliphatic heterocycles. The van der Waals surface area contributed by atoms with Gasteiger partial charge in [0.15, 0.2) is 5.16 Å². The number of anilines is 1. The minimum absolute atomic E-state index is 0.101. The molecular formula is C20H28N6O3S. The topological polar surface area (TPSA) is 92.6 Å². The molecule has 1 aromatic carbocycles. The quantitative estimate of drug-likeness (QED) is 0.628. The Morgan fingerprint density at radius 1 is 1.10 bits per heavy atom. The van der Waals surface area contributed by atoms with Crippen LogP contribution < -0.4 is 10.1 Å². The monoisotopic (exact) mass is 432 g/mol. The predicted molar refractivity (Wildman–Crippen MR) is 116 cm³/mol. The fourth-order valence-corrected chi connectivity index (χ4v) is 3.88. The zero-order valence-electron chi connectivity index (χ0n) is 17.6. The molecule has 0 bridgehead atoms. The molecule has 162 valence electrons. The summed E-state index contributed by atoms with van der Waals surface area (Å²) >= 11 is 1.35. The van der Waals surface area contributed by atoms with Gasteiger partial charge in [0, 0.05) is 38.9 Å². The summed E-state index contributed by atoms with van der Waals surface area (Å²) in [6.45, 7) is 5.82. The molecule has 1 aromatic heterocycles. The maximum absolute atomic E-state index is 12.4. The van der Waals surface area contributed by atoms with E-state index < -0.39 is 0 Å². The van der Waals surface area contributed by atoms with Gasteiger partial charge in [-0.1, -0.05) is 11.8 Å². The van der Waals surface area contributed by atoms with E-state index in [1.807, 2.05) is 31.0 Å². The third-order valence-electron chi connectivity index (χ3n) is 4.87. The molecule has 0 spiro atoms. The number of thioether (sulfide) groups is 1. The summed E-state index contributed by atoms with van der Waals surface area (Å²) in [6.07, 6.45) is 0.101. The average Bonchev–Trinajstić information content (AvgIpc) is 3.07. The van der Waals surface area contributed by atoms with E-state index in [2.05, 4.69) is 27.5 Å². The van der Waals surface area contributed by atoms with Crippen molar-refractivity contribution >= 4 is 29.3 Å². The number of rotatable bonds is 8. The van der Waals surface area contributed by atoms with Gasteiger partial charge in [0.25, 0.3) is 0 Å². The van der Waals surface area contributed by atoms with E-state index >= 15 is 0 Å². The summed E-state index contributed by atoms with van der Waals surface area (Å²) in [7, 11) is 3.87.